The van der Waals surface area contributed by atoms with Gasteiger partial charge in [0.25, 0.3) is 0 Å². The SMILES string of the molecule is C=CCOc1c(OC)cc2c3c1Oc1cc4c(cc1OC)CCN(C)[C@H]4Cc1ccc(cc1)Oc1cc(ccc1OC)C[C@@H]3N(C)CC2. The third-order valence-corrected chi connectivity index (χ3v) is 9.99. The van der Waals surface area contributed by atoms with Crippen LogP contribution in [0.15, 0.2) is 73.3 Å². The molecule has 0 radical (unpaired) electrons. The molecule has 4 aromatic carbocycles. The zero-order chi connectivity index (χ0) is 33.4. The topological polar surface area (TPSA) is 61.9 Å². The lowest BCUT2D eigenvalue weighted by Gasteiger charge is -2.37. The summed E-state index contributed by atoms with van der Waals surface area (Å²) in [5, 5.41) is 0. The lowest BCUT2D eigenvalue weighted by Crippen LogP contribution is -2.34. The van der Waals surface area contributed by atoms with Gasteiger partial charge in [-0.2, -0.15) is 0 Å². The quantitative estimate of drug-likeness (QED) is 0.197. The van der Waals surface area contributed by atoms with Gasteiger partial charge in [0.2, 0.25) is 5.75 Å². The number of fused-ring (bicyclic) bond motifs is 2. The molecule has 0 N–H and O–H groups in total. The molecular weight excluding hydrogens is 604 g/mol. The van der Waals surface area contributed by atoms with Gasteiger partial charge in [0.05, 0.1) is 21.3 Å². The Hall–Kier alpha value is -4.66. The average molecular weight is 649 g/mol. The van der Waals surface area contributed by atoms with Crippen molar-refractivity contribution in [3.8, 4) is 46.0 Å². The van der Waals surface area contributed by atoms with E-state index in [1.807, 2.05) is 18.2 Å². The van der Waals surface area contributed by atoms with Crippen LogP contribution >= 0.6 is 0 Å². The predicted octanol–water partition coefficient (Wildman–Crippen LogP) is 7.72. The minimum absolute atomic E-state index is 0.0253. The van der Waals surface area contributed by atoms with E-state index in [1.54, 1.807) is 27.4 Å². The number of hydrogen-bond donors (Lipinski definition) is 0. The van der Waals surface area contributed by atoms with Gasteiger partial charge >= 0.3 is 0 Å². The summed E-state index contributed by atoms with van der Waals surface area (Å²) in [6.07, 6.45) is 5.06. The van der Waals surface area contributed by atoms with Crippen LogP contribution in [0, 0.1) is 0 Å². The van der Waals surface area contributed by atoms with Crippen molar-refractivity contribution in [3.05, 3.63) is 107 Å². The van der Waals surface area contributed by atoms with Crippen LogP contribution in [0.1, 0.15) is 45.5 Å². The molecule has 4 aromatic rings. The Morgan fingerprint density at radius 1 is 0.729 bits per heavy atom. The summed E-state index contributed by atoms with van der Waals surface area (Å²) in [7, 11) is 9.42. The van der Waals surface area contributed by atoms with E-state index in [4.69, 9.17) is 28.4 Å². The van der Waals surface area contributed by atoms with Gasteiger partial charge in [-0.15, -0.1) is 0 Å². The molecule has 4 aliphatic rings. The summed E-state index contributed by atoms with van der Waals surface area (Å²) in [6, 6.07) is 21.1. The standard InChI is InChI=1S/C40H44N2O6/c1-7-18-46-39-37(45-6)23-28-15-17-42(3)32-20-26-10-13-33(43-4)35(21-26)47-29-11-8-25(9-12-29)19-31-30-24-36(48-40(39)38(28)32)34(44-5)22-27(30)14-16-41(31)2/h7-13,21-24,31-32H,1,14-20H2,2-6H3/t31-,32-/m0/s1. The van der Waals surface area contributed by atoms with E-state index in [0.29, 0.717) is 53.3 Å². The molecule has 0 amide bonds. The molecule has 8 heteroatoms. The number of benzene rings is 4. The lowest BCUT2D eigenvalue weighted by atomic mass is 9.87. The van der Waals surface area contributed by atoms with Crippen molar-refractivity contribution in [2.75, 3.05) is 55.1 Å². The smallest absolute Gasteiger partial charge is 0.204 e. The molecule has 48 heavy (non-hydrogen) atoms. The van der Waals surface area contributed by atoms with E-state index in [9.17, 15) is 0 Å². The monoisotopic (exact) mass is 648 g/mol. The Morgan fingerprint density at radius 3 is 2.10 bits per heavy atom. The highest BCUT2D eigenvalue weighted by atomic mass is 16.6. The maximum absolute atomic E-state index is 7.10. The third kappa shape index (κ3) is 5.95. The Bertz CT molecular complexity index is 1820. The number of ether oxygens (including phenoxy) is 6. The van der Waals surface area contributed by atoms with E-state index in [1.165, 1.54) is 22.3 Å². The molecule has 0 spiro atoms. The third-order valence-electron chi connectivity index (χ3n) is 9.99. The fraction of sp³-hybridized carbons (Fsp3) is 0.350. The Balaban J connectivity index is 1.47. The van der Waals surface area contributed by atoms with E-state index in [2.05, 4.69) is 72.9 Å². The number of hydrogen-bond acceptors (Lipinski definition) is 8. The van der Waals surface area contributed by atoms with E-state index in [0.717, 1.165) is 49.2 Å². The van der Waals surface area contributed by atoms with Crippen molar-refractivity contribution in [2.24, 2.45) is 0 Å². The predicted molar refractivity (Wildman–Crippen MR) is 187 cm³/mol. The molecule has 4 aliphatic heterocycles. The number of nitrogens with zero attached hydrogens (tertiary/aromatic N) is 2. The minimum atomic E-state index is -0.0253. The molecule has 0 aromatic heterocycles. The fourth-order valence-electron chi connectivity index (χ4n) is 7.36. The number of methoxy groups -OCH3 is 3. The van der Waals surface area contributed by atoms with Crippen LogP contribution in [-0.2, 0) is 25.7 Å². The van der Waals surface area contributed by atoms with Crippen LogP contribution in [-0.4, -0.2) is 64.9 Å². The number of likely N-dealkylation sites (N-methyl/N-ethyl adjacent to an activating group) is 2. The van der Waals surface area contributed by atoms with Crippen molar-refractivity contribution in [1.29, 1.82) is 0 Å². The molecule has 0 saturated heterocycles. The Labute approximate surface area is 283 Å². The van der Waals surface area contributed by atoms with Gasteiger partial charge in [-0.05, 0) is 110 Å². The van der Waals surface area contributed by atoms with E-state index < -0.39 is 0 Å². The normalized spacial score (nSPS) is 18.8. The van der Waals surface area contributed by atoms with Crippen molar-refractivity contribution >= 4 is 0 Å². The first-order chi connectivity index (χ1) is 23.4. The maximum atomic E-state index is 7.10. The van der Waals surface area contributed by atoms with Gasteiger partial charge in [-0.3, -0.25) is 9.80 Å². The first-order valence-corrected chi connectivity index (χ1v) is 16.6. The summed E-state index contributed by atoms with van der Waals surface area (Å²) in [5.74, 6) is 5.31. The summed E-state index contributed by atoms with van der Waals surface area (Å²) >= 11 is 0. The molecule has 4 heterocycles. The van der Waals surface area contributed by atoms with Crippen molar-refractivity contribution in [2.45, 2.75) is 37.8 Å². The second-order valence-corrected chi connectivity index (χ2v) is 12.8. The molecule has 250 valence electrons. The van der Waals surface area contributed by atoms with Gasteiger partial charge in [0.15, 0.2) is 34.5 Å². The van der Waals surface area contributed by atoms with E-state index in [-0.39, 0.29) is 12.1 Å². The molecule has 6 bridgehead atoms. The summed E-state index contributed by atoms with van der Waals surface area (Å²) < 4.78 is 37.6. The molecule has 8 nitrogen and oxygen atoms in total. The van der Waals surface area contributed by atoms with Crippen molar-refractivity contribution in [3.63, 3.8) is 0 Å². The van der Waals surface area contributed by atoms with Crippen molar-refractivity contribution in [1.82, 2.24) is 9.80 Å². The van der Waals surface area contributed by atoms with Crippen LogP contribution in [0.2, 0.25) is 0 Å². The highest BCUT2D eigenvalue weighted by Crippen LogP contribution is 2.52. The molecular formula is C40H44N2O6. The fourth-order valence-corrected chi connectivity index (χ4v) is 7.36. The van der Waals surface area contributed by atoms with Gasteiger partial charge < -0.3 is 28.4 Å². The first-order valence-electron chi connectivity index (χ1n) is 16.6. The average Bonchev–Trinajstić information content (AvgIpc) is 3.10. The van der Waals surface area contributed by atoms with E-state index >= 15 is 0 Å². The molecule has 2 atom stereocenters. The zero-order valence-corrected chi connectivity index (χ0v) is 28.5. The largest absolute Gasteiger partial charge is 0.493 e. The molecule has 8 rings (SSSR count). The molecule has 0 saturated carbocycles. The second kappa shape index (κ2) is 13.5. The summed E-state index contributed by atoms with van der Waals surface area (Å²) in [5.41, 5.74) is 7.09. The maximum Gasteiger partial charge on any atom is 0.204 e. The highest BCUT2D eigenvalue weighted by Gasteiger charge is 2.35. The highest BCUT2D eigenvalue weighted by molar-refractivity contribution is 5.64. The van der Waals surface area contributed by atoms with Crippen LogP contribution in [0.25, 0.3) is 0 Å². The molecule has 0 unspecified atom stereocenters. The van der Waals surface area contributed by atoms with Gasteiger partial charge in [-0.25, -0.2) is 0 Å². The Morgan fingerprint density at radius 2 is 1.38 bits per heavy atom. The van der Waals surface area contributed by atoms with Crippen LogP contribution in [0.4, 0.5) is 0 Å². The van der Waals surface area contributed by atoms with Crippen LogP contribution in [0.3, 0.4) is 0 Å². The minimum Gasteiger partial charge on any atom is -0.493 e. The number of rotatable bonds is 6. The second-order valence-electron chi connectivity index (χ2n) is 12.8. The van der Waals surface area contributed by atoms with Gasteiger partial charge in [0.1, 0.15) is 12.4 Å². The Kier molecular flexibility index (Phi) is 8.94. The lowest BCUT2D eigenvalue weighted by molar-refractivity contribution is 0.219. The molecule has 0 fully saturated rings. The molecule has 0 aliphatic carbocycles. The van der Waals surface area contributed by atoms with Crippen LogP contribution in [0.5, 0.6) is 46.0 Å². The first kappa shape index (κ1) is 31.9. The van der Waals surface area contributed by atoms with Gasteiger partial charge in [-0.1, -0.05) is 30.9 Å². The van der Waals surface area contributed by atoms with Crippen molar-refractivity contribution < 1.29 is 28.4 Å². The van der Waals surface area contributed by atoms with Crippen LogP contribution < -0.4 is 28.4 Å². The zero-order valence-electron chi connectivity index (χ0n) is 28.5. The van der Waals surface area contributed by atoms with Gasteiger partial charge in [0, 0.05) is 30.7 Å². The summed E-state index contributed by atoms with van der Waals surface area (Å²) in [4.78, 5) is 4.81. The summed E-state index contributed by atoms with van der Waals surface area (Å²) in [6.45, 7) is 6.05.